The second-order valence-corrected chi connectivity index (χ2v) is 2.35. The normalized spacial score (nSPS) is 9.60. The van der Waals surface area contributed by atoms with Crippen molar-refractivity contribution in [3.63, 3.8) is 0 Å². The van der Waals surface area contributed by atoms with Crippen molar-refractivity contribution < 1.29 is 4.92 Å². The van der Waals surface area contributed by atoms with E-state index in [-0.39, 0.29) is 0 Å². The molecule has 0 unspecified atom stereocenters. The van der Waals surface area contributed by atoms with E-state index in [1.807, 2.05) is 0 Å². The van der Waals surface area contributed by atoms with Crippen molar-refractivity contribution in [2.75, 3.05) is 5.43 Å². The van der Waals surface area contributed by atoms with E-state index in [9.17, 15) is 10.1 Å². The maximum absolute atomic E-state index is 9.93. The van der Waals surface area contributed by atoms with Crippen molar-refractivity contribution in [3.8, 4) is 0 Å². The molecule has 1 aromatic carbocycles. The maximum Gasteiger partial charge on any atom is 0.352 e. The molecule has 0 saturated carbocycles. The number of anilines is 1. The van der Waals surface area contributed by atoms with Gasteiger partial charge < -0.3 is 10.1 Å². The number of hydrogen-bond acceptors (Lipinski definition) is 5. The molecule has 0 amide bonds. The van der Waals surface area contributed by atoms with Gasteiger partial charge in [-0.15, -0.1) is 0 Å². The van der Waals surface area contributed by atoms with Crippen molar-refractivity contribution in [2.24, 2.45) is 10.2 Å². The van der Waals surface area contributed by atoms with E-state index in [1.165, 1.54) is 0 Å². The first kappa shape index (κ1) is 10.5. The molecular weight excluding hydrogens is 200 g/mol. The first-order chi connectivity index (χ1) is 7.24. The summed E-state index contributed by atoms with van der Waals surface area (Å²) in [4.78, 5) is 11.8. The number of azide groups is 1. The summed E-state index contributed by atoms with van der Waals surface area (Å²) in [6.45, 7) is 0. The molecule has 8 heteroatoms. The van der Waals surface area contributed by atoms with Crippen LogP contribution >= 0.6 is 0 Å². The molecule has 0 saturated heterocycles. The Kier molecular flexibility index (Phi) is 3.63. The minimum atomic E-state index is -0.705. The molecule has 0 aliphatic carbocycles. The van der Waals surface area contributed by atoms with Crippen LogP contribution in [0.2, 0.25) is 0 Å². The molecule has 0 aliphatic heterocycles. The first-order valence-electron chi connectivity index (χ1n) is 3.81. The van der Waals surface area contributed by atoms with Crippen LogP contribution in [-0.2, 0) is 0 Å². The van der Waals surface area contributed by atoms with Crippen LogP contribution < -0.4 is 5.43 Å². The minimum absolute atomic E-state index is 0.320. The third kappa shape index (κ3) is 3.33. The Morgan fingerprint density at radius 1 is 1.53 bits per heavy atom. The van der Waals surface area contributed by atoms with Gasteiger partial charge in [0, 0.05) is 10.0 Å². The standard InChI is InChI=1S/C7H6N6O2/c8-12-11-7-4-2-1-3-6(7)10-9-5-13(14)15/h1-5,10H/b9-5-. The Bertz CT molecular complexity index is 437. The Morgan fingerprint density at radius 3 is 2.93 bits per heavy atom. The van der Waals surface area contributed by atoms with Crippen molar-refractivity contribution in [2.45, 2.75) is 0 Å². The van der Waals surface area contributed by atoms with E-state index >= 15 is 0 Å². The van der Waals surface area contributed by atoms with Gasteiger partial charge in [0.05, 0.1) is 11.4 Å². The van der Waals surface area contributed by atoms with E-state index in [4.69, 9.17) is 5.53 Å². The third-order valence-electron chi connectivity index (χ3n) is 1.39. The summed E-state index contributed by atoms with van der Waals surface area (Å²) < 4.78 is 0. The summed E-state index contributed by atoms with van der Waals surface area (Å²) >= 11 is 0. The van der Waals surface area contributed by atoms with Crippen molar-refractivity contribution >= 4 is 17.7 Å². The molecule has 0 heterocycles. The maximum atomic E-state index is 9.93. The Hall–Kier alpha value is -2.60. The number of nitrogens with one attached hydrogen (secondary N) is 1. The lowest BCUT2D eigenvalue weighted by Crippen LogP contribution is -1.96. The van der Waals surface area contributed by atoms with Gasteiger partial charge in [-0.1, -0.05) is 23.3 Å². The molecule has 1 rings (SSSR count). The van der Waals surface area contributed by atoms with Gasteiger partial charge >= 0.3 is 6.34 Å². The van der Waals surface area contributed by atoms with Gasteiger partial charge in [0.25, 0.3) is 0 Å². The molecule has 1 N–H and O–H groups in total. The lowest BCUT2D eigenvalue weighted by molar-refractivity contribution is -0.339. The van der Waals surface area contributed by atoms with Crippen LogP contribution in [0, 0.1) is 10.1 Å². The van der Waals surface area contributed by atoms with E-state index in [0.29, 0.717) is 17.7 Å². The average molecular weight is 206 g/mol. The van der Waals surface area contributed by atoms with E-state index in [0.717, 1.165) is 0 Å². The number of rotatable bonds is 4. The summed E-state index contributed by atoms with van der Waals surface area (Å²) in [7, 11) is 0. The molecule has 1 aromatic rings. The summed E-state index contributed by atoms with van der Waals surface area (Å²) in [5.41, 5.74) is 11.4. The lowest BCUT2D eigenvalue weighted by atomic mass is 10.3. The minimum Gasteiger partial charge on any atom is -0.358 e. The zero-order chi connectivity index (χ0) is 11.1. The van der Waals surface area contributed by atoms with Crippen LogP contribution in [-0.4, -0.2) is 11.3 Å². The molecule has 0 radical (unpaired) electrons. The Morgan fingerprint density at radius 2 is 2.27 bits per heavy atom. The molecule has 76 valence electrons. The smallest absolute Gasteiger partial charge is 0.352 e. The monoisotopic (exact) mass is 206 g/mol. The van der Waals surface area contributed by atoms with Crippen LogP contribution in [0.4, 0.5) is 11.4 Å². The number of nitrogens with zero attached hydrogens (tertiary/aromatic N) is 5. The molecule has 0 atom stereocenters. The topological polar surface area (TPSA) is 116 Å². The average Bonchev–Trinajstić information content (AvgIpc) is 2.20. The lowest BCUT2D eigenvalue weighted by Gasteiger charge is -1.98. The fraction of sp³-hybridized carbons (Fsp3) is 0. The van der Waals surface area contributed by atoms with Gasteiger partial charge in [-0.25, -0.2) is 0 Å². The fourth-order valence-corrected chi connectivity index (χ4v) is 0.849. The molecule has 0 aromatic heterocycles. The fourth-order valence-electron chi connectivity index (χ4n) is 0.849. The Labute approximate surface area is 84.0 Å². The molecule has 0 fully saturated rings. The van der Waals surface area contributed by atoms with Crippen LogP contribution in [0.15, 0.2) is 34.5 Å². The Balaban J connectivity index is 2.84. The second-order valence-electron chi connectivity index (χ2n) is 2.35. The van der Waals surface area contributed by atoms with E-state index < -0.39 is 4.92 Å². The van der Waals surface area contributed by atoms with E-state index in [2.05, 4.69) is 20.6 Å². The van der Waals surface area contributed by atoms with Gasteiger partial charge in [-0.3, -0.25) is 0 Å². The number of hydrazone groups is 1. The highest BCUT2D eigenvalue weighted by molar-refractivity contribution is 5.65. The summed E-state index contributed by atoms with van der Waals surface area (Å²) in [6, 6.07) is 6.50. The number of nitro groups is 1. The van der Waals surface area contributed by atoms with Crippen LogP contribution in [0.5, 0.6) is 0 Å². The van der Waals surface area contributed by atoms with Gasteiger partial charge in [-0.2, -0.15) is 5.43 Å². The van der Waals surface area contributed by atoms with Gasteiger partial charge in [0.15, 0.2) is 0 Å². The summed E-state index contributed by atoms with van der Waals surface area (Å²) in [5.74, 6) is 0. The number of hydrogen-bond donors (Lipinski definition) is 1. The zero-order valence-electron chi connectivity index (χ0n) is 7.44. The third-order valence-corrected chi connectivity index (χ3v) is 1.39. The molecule has 0 aliphatic rings. The van der Waals surface area contributed by atoms with Gasteiger partial charge in [0.2, 0.25) is 0 Å². The van der Waals surface area contributed by atoms with Crippen molar-refractivity contribution in [1.29, 1.82) is 0 Å². The second kappa shape index (κ2) is 5.20. The zero-order valence-corrected chi connectivity index (χ0v) is 7.44. The highest BCUT2D eigenvalue weighted by Gasteiger charge is 1.99. The van der Waals surface area contributed by atoms with Crippen LogP contribution in [0.3, 0.4) is 0 Å². The first-order valence-corrected chi connectivity index (χ1v) is 3.81. The van der Waals surface area contributed by atoms with Crippen LogP contribution in [0.25, 0.3) is 10.4 Å². The highest BCUT2D eigenvalue weighted by atomic mass is 16.6. The molecule has 8 nitrogen and oxygen atoms in total. The SMILES string of the molecule is [N-]=[N+]=Nc1ccccc1N/N=C\[N+](=O)[O-]. The summed E-state index contributed by atoms with van der Waals surface area (Å²) in [6.07, 6.45) is 0.507. The molecule has 0 bridgehead atoms. The van der Waals surface area contributed by atoms with Gasteiger partial charge in [-0.05, 0) is 16.5 Å². The largest absolute Gasteiger partial charge is 0.358 e. The predicted molar refractivity (Wildman–Crippen MR) is 54.4 cm³/mol. The number of benzene rings is 1. The molecular formula is C7H6N6O2. The quantitative estimate of drug-likeness (QED) is 0.155. The number of para-hydroxylation sites is 1. The highest BCUT2D eigenvalue weighted by Crippen LogP contribution is 2.23. The van der Waals surface area contributed by atoms with Crippen LogP contribution in [0.1, 0.15) is 0 Å². The van der Waals surface area contributed by atoms with Crippen molar-refractivity contribution in [1.82, 2.24) is 0 Å². The van der Waals surface area contributed by atoms with Gasteiger partial charge in [0.1, 0.15) is 0 Å². The van der Waals surface area contributed by atoms with E-state index in [1.54, 1.807) is 24.3 Å². The molecule has 0 spiro atoms. The predicted octanol–water partition coefficient (Wildman–Crippen LogP) is 2.26. The van der Waals surface area contributed by atoms with Crippen molar-refractivity contribution in [3.05, 3.63) is 44.8 Å². The molecule has 15 heavy (non-hydrogen) atoms. The summed E-state index contributed by atoms with van der Waals surface area (Å²) in [5, 5.41) is 16.6.